The molecular weight excluding hydrogens is 174 g/mol. The molecule has 1 saturated heterocycles. The lowest BCUT2D eigenvalue weighted by atomic mass is 9.96. The summed E-state index contributed by atoms with van der Waals surface area (Å²) in [5.74, 6) is 0.574. The second-order valence-corrected chi connectivity index (χ2v) is 4.65. The van der Waals surface area contributed by atoms with Crippen molar-refractivity contribution in [3.05, 3.63) is 0 Å². The third kappa shape index (κ3) is 3.58. The Balaban J connectivity index is 2.19. The average molecular weight is 199 g/mol. The Hall–Kier alpha value is -0.0800. The molecule has 1 unspecified atom stereocenters. The maximum atomic E-state index is 9.04. The Morgan fingerprint density at radius 3 is 2.50 bits per heavy atom. The fourth-order valence-corrected chi connectivity index (χ4v) is 2.26. The van der Waals surface area contributed by atoms with E-state index in [0.29, 0.717) is 12.5 Å². The summed E-state index contributed by atoms with van der Waals surface area (Å²) in [5.41, 5.74) is 0. The van der Waals surface area contributed by atoms with Gasteiger partial charge in [-0.25, -0.2) is 0 Å². The monoisotopic (exact) mass is 199 g/mol. The van der Waals surface area contributed by atoms with Gasteiger partial charge in [0.05, 0.1) is 0 Å². The van der Waals surface area contributed by atoms with Crippen LogP contribution in [0.5, 0.6) is 0 Å². The van der Waals surface area contributed by atoms with Crippen LogP contribution in [0.4, 0.5) is 0 Å². The molecule has 0 radical (unpaired) electrons. The van der Waals surface area contributed by atoms with Crippen LogP contribution in [0.3, 0.4) is 0 Å². The number of aliphatic hydroxyl groups excluding tert-OH is 1. The summed E-state index contributed by atoms with van der Waals surface area (Å²) in [5, 5.41) is 9.04. The van der Waals surface area contributed by atoms with Crippen LogP contribution in [0, 0.1) is 5.92 Å². The number of aliphatic hydroxyl groups is 1. The number of hydrogen-bond donors (Lipinski definition) is 1. The van der Waals surface area contributed by atoms with E-state index in [9.17, 15) is 0 Å². The number of rotatable bonds is 5. The van der Waals surface area contributed by atoms with Crippen molar-refractivity contribution in [3.8, 4) is 0 Å². The van der Waals surface area contributed by atoms with Gasteiger partial charge in [-0.3, -0.25) is 0 Å². The average Bonchev–Trinajstić information content (AvgIpc) is 2.26. The third-order valence-electron chi connectivity index (χ3n) is 3.51. The second kappa shape index (κ2) is 6.41. The number of nitrogens with zero attached hydrogens (tertiary/aromatic N) is 1. The highest BCUT2D eigenvalue weighted by molar-refractivity contribution is 4.75. The zero-order valence-electron chi connectivity index (χ0n) is 9.71. The first kappa shape index (κ1) is 12.0. The van der Waals surface area contributed by atoms with Crippen LogP contribution in [0.1, 0.15) is 46.0 Å². The van der Waals surface area contributed by atoms with Crippen molar-refractivity contribution >= 4 is 0 Å². The highest BCUT2D eigenvalue weighted by Crippen LogP contribution is 2.20. The molecule has 14 heavy (non-hydrogen) atoms. The quantitative estimate of drug-likeness (QED) is 0.734. The third-order valence-corrected chi connectivity index (χ3v) is 3.51. The molecule has 0 aromatic carbocycles. The van der Waals surface area contributed by atoms with Crippen molar-refractivity contribution in [1.82, 2.24) is 4.90 Å². The lowest BCUT2D eigenvalue weighted by Gasteiger charge is -2.35. The number of piperidine rings is 1. The summed E-state index contributed by atoms with van der Waals surface area (Å²) in [6.07, 6.45) is 6.36. The van der Waals surface area contributed by atoms with Gasteiger partial charge in [-0.15, -0.1) is 0 Å². The Morgan fingerprint density at radius 2 is 2.00 bits per heavy atom. The summed E-state index contributed by atoms with van der Waals surface area (Å²) >= 11 is 0. The fraction of sp³-hybridized carbons (Fsp3) is 1.00. The van der Waals surface area contributed by atoms with Gasteiger partial charge in [-0.2, -0.15) is 0 Å². The van der Waals surface area contributed by atoms with Crippen LogP contribution >= 0.6 is 0 Å². The minimum atomic E-state index is 0.386. The van der Waals surface area contributed by atoms with E-state index >= 15 is 0 Å². The molecule has 1 aliphatic rings. The van der Waals surface area contributed by atoms with Crippen LogP contribution in [-0.2, 0) is 0 Å². The zero-order valence-corrected chi connectivity index (χ0v) is 9.71. The molecule has 2 nitrogen and oxygen atoms in total. The van der Waals surface area contributed by atoms with Crippen molar-refractivity contribution in [1.29, 1.82) is 0 Å². The molecule has 1 aliphatic heterocycles. The maximum absolute atomic E-state index is 9.04. The van der Waals surface area contributed by atoms with E-state index in [4.69, 9.17) is 5.11 Å². The zero-order chi connectivity index (χ0) is 10.4. The Bertz CT molecular complexity index is 141. The molecule has 0 saturated carbocycles. The molecule has 84 valence electrons. The summed E-state index contributed by atoms with van der Waals surface area (Å²) < 4.78 is 0. The van der Waals surface area contributed by atoms with Gasteiger partial charge >= 0.3 is 0 Å². The van der Waals surface area contributed by atoms with Gasteiger partial charge in [0.25, 0.3) is 0 Å². The van der Waals surface area contributed by atoms with E-state index in [1.807, 2.05) is 0 Å². The normalized spacial score (nSPS) is 22.5. The van der Waals surface area contributed by atoms with E-state index in [1.54, 1.807) is 0 Å². The molecular formula is C12H25NO. The number of hydrogen-bond acceptors (Lipinski definition) is 2. The predicted molar refractivity (Wildman–Crippen MR) is 60.4 cm³/mol. The van der Waals surface area contributed by atoms with Crippen molar-refractivity contribution in [3.63, 3.8) is 0 Å². The first-order valence-electron chi connectivity index (χ1n) is 6.12. The first-order chi connectivity index (χ1) is 6.77. The Kier molecular flexibility index (Phi) is 5.49. The maximum Gasteiger partial charge on any atom is 0.0460 e. The molecule has 0 aromatic rings. The van der Waals surface area contributed by atoms with Crippen LogP contribution < -0.4 is 0 Å². The molecule has 0 aromatic heterocycles. The minimum Gasteiger partial charge on any atom is -0.396 e. The Morgan fingerprint density at radius 1 is 1.36 bits per heavy atom. The summed E-state index contributed by atoms with van der Waals surface area (Å²) in [4.78, 5) is 2.59. The highest BCUT2D eigenvalue weighted by atomic mass is 16.3. The largest absolute Gasteiger partial charge is 0.396 e. The standard InChI is InChI=1S/C12H25NO/c1-3-4-5-11(2)13-8-6-12(10-14)7-9-13/h11-12,14H,3-10H2,1-2H3. The van der Waals surface area contributed by atoms with E-state index in [-0.39, 0.29) is 0 Å². The molecule has 0 spiro atoms. The lowest BCUT2D eigenvalue weighted by molar-refractivity contribution is 0.102. The minimum absolute atomic E-state index is 0.386. The fourth-order valence-electron chi connectivity index (χ4n) is 2.26. The van der Waals surface area contributed by atoms with Crippen LogP contribution in [0.25, 0.3) is 0 Å². The van der Waals surface area contributed by atoms with Crippen molar-refractivity contribution in [2.75, 3.05) is 19.7 Å². The summed E-state index contributed by atoms with van der Waals surface area (Å²) in [7, 11) is 0. The molecule has 1 atom stereocenters. The van der Waals surface area contributed by atoms with E-state index < -0.39 is 0 Å². The highest BCUT2D eigenvalue weighted by Gasteiger charge is 2.21. The van der Waals surface area contributed by atoms with Crippen molar-refractivity contribution in [2.45, 2.75) is 52.0 Å². The van der Waals surface area contributed by atoms with Crippen molar-refractivity contribution < 1.29 is 5.11 Å². The van der Waals surface area contributed by atoms with Gasteiger partial charge in [0.2, 0.25) is 0 Å². The van der Waals surface area contributed by atoms with E-state index in [1.165, 1.54) is 45.2 Å². The SMILES string of the molecule is CCCCC(C)N1CCC(CO)CC1. The van der Waals surface area contributed by atoms with Crippen LogP contribution in [-0.4, -0.2) is 35.7 Å². The van der Waals surface area contributed by atoms with E-state index in [0.717, 1.165) is 6.04 Å². The van der Waals surface area contributed by atoms with Gasteiger partial charge < -0.3 is 10.0 Å². The van der Waals surface area contributed by atoms with Gasteiger partial charge in [0.15, 0.2) is 0 Å². The Labute approximate surface area is 88.3 Å². The smallest absolute Gasteiger partial charge is 0.0460 e. The molecule has 2 heteroatoms. The molecule has 1 N–H and O–H groups in total. The molecule has 0 bridgehead atoms. The molecule has 1 rings (SSSR count). The van der Waals surface area contributed by atoms with Crippen LogP contribution in [0.2, 0.25) is 0 Å². The van der Waals surface area contributed by atoms with Crippen molar-refractivity contribution in [2.24, 2.45) is 5.92 Å². The predicted octanol–water partition coefficient (Wildman–Crippen LogP) is 2.27. The lowest BCUT2D eigenvalue weighted by Crippen LogP contribution is -2.40. The van der Waals surface area contributed by atoms with Gasteiger partial charge in [-0.05, 0) is 45.2 Å². The molecule has 1 heterocycles. The molecule has 1 fully saturated rings. The van der Waals surface area contributed by atoms with Gasteiger partial charge in [0.1, 0.15) is 0 Å². The van der Waals surface area contributed by atoms with Crippen LogP contribution in [0.15, 0.2) is 0 Å². The molecule has 0 amide bonds. The van der Waals surface area contributed by atoms with Gasteiger partial charge in [-0.1, -0.05) is 19.8 Å². The summed E-state index contributed by atoms with van der Waals surface area (Å²) in [6, 6.07) is 0.745. The van der Waals surface area contributed by atoms with Gasteiger partial charge in [0, 0.05) is 12.6 Å². The first-order valence-corrected chi connectivity index (χ1v) is 6.12. The van der Waals surface area contributed by atoms with E-state index in [2.05, 4.69) is 18.7 Å². The summed E-state index contributed by atoms with van der Waals surface area (Å²) in [6.45, 7) is 7.36. The molecule has 0 aliphatic carbocycles. The number of likely N-dealkylation sites (tertiary alicyclic amines) is 1. The number of unbranched alkanes of at least 4 members (excludes halogenated alkanes) is 1. The second-order valence-electron chi connectivity index (χ2n) is 4.65. The topological polar surface area (TPSA) is 23.5 Å².